The normalized spacial score (nSPS) is 11.9. The number of benzene rings is 1. The molecule has 3 rings (SSSR count). The molecule has 130 valence electrons. The van der Waals surface area contributed by atoms with Gasteiger partial charge in [-0.15, -0.1) is 0 Å². The highest BCUT2D eigenvalue weighted by Crippen LogP contribution is 2.21. The fraction of sp³-hybridized carbons (Fsp3) is 0.278. The fourth-order valence-corrected chi connectivity index (χ4v) is 2.59. The summed E-state index contributed by atoms with van der Waals surface area (Å²) in [6.45, 7) is 5.41. The largest absolute Gasteiger partial charge is 0.368 e. The molecule has 0 aliphatic heterocycles. The van der Waals surface area contributed by atoms with E-state index in [1.807, 2.05) is 25.1 Å². The second kappa shape index (κ2) is 7.65. The molecule has 0 spiro atoms. The third kappa shape index (κ3) is 4.06. The van der Waals surface area contributed by atoms with Crippen LogP contribution in [-0.2, 0) is 0 Å². The van der Waals surface area contributed by atoms with E-state index in [2.05, 4.69) is 50.2 Å². The Hall–Kier alpha value is -3.09. The third-order valence-electron chi connectivity index (χ3n) is 3.97. The third-order valence-corrected chi connectivity index (χ3v) is 3.97. The number of hydrogen-bond acceptors (Lipinski definition) is 4. The number of urea groups is 1. The summed E-state index contributed by atoms with van der Waals surface area (Å²) in [6, 6.07) is 11.6. The van der Waals surface area contributed by atoms with Gasteiger partial charge < -0.3 is 10.6 Å². The van der Waals surface area contributed by atoms with Crippen molar-refractivity contribution in [3.8, 4) is 0 Å². The van der Waals surface area contributed by atoms with Gasteiger partial charge in [0.05, 0.1) is 10.9 Å². The Morgan fingerprint density at radius 3 is 2.84 bits per heavy atom. The van der Waals surface area contributed by atoms with Crippen molar-refractivity contribution in [2.45, 2.75) is 19.8 Å². The quantitative estimate of drug-likeness (QED) is 0.554. The number of aromatic amines is 1. The van der Waals surface area contributed by atoms with E-state index in [1.165, 1.54) is 5.56 Å². The topological polar surface area (TPSA) is 94.7 Å². The number of fused-ring (bicyclic) bond motifs is 1. The van der Waals surface area contributed by atoms with Gasteiger partial charge in [-0.3, -0.25) is 10.4 Å². The molecule has 7 nitrogen and oxygen atoms in total. The van der Waals surface area contributed by atoms with Crippen LogP contribution in [0, 0.1) is 0 Å². The van der Waals surface area contributed by atoms with Crippen molar-refractivity contribution < 1.29 is 4.79 Å². The molecule has 3 aromatic rings. The number of amides is 2. The van der Waals surface area contributed by atoms with Crippen LogP contribution < -0.4 is 16.0 Å². The van der Waals surface area contributed by atoms with E-state index in [0.717, 1.165) is 23.3 Å². The van der Waals surface area contributed by atoms with Crippen LogP contribution in [0.1, 0.15) is 25.3 Å². The minimum Gasteiger partial charge on any atom is -0.368 e. The Kier molecular flexibility index (Phi) is 5.13. The number of H-pyrrole nitrogens is 1. The van der Waals surface area contributed by atoms with E-state index >= 15 is 0 Å². The molecule has 1 atom stereocenters. The molecule has 4 N–H and O–H groups in total. The second-order valence-electron chi connectivity index (χ2n) is 5.86. The molecule has 2 heterocycles. The fourth-order valence-electron chi connectivity index (χ4n) is 2.59. The van der Waals surface area contributed by atoms with E-state index in [0.29, 0.717) is 12.4 Å². The number of pyridine rings is 1. The maximum absolute atomic E-state index is 12.1. The molecule has 0 fully saturated rings. The summed E-state index contributed by atoms with van der Waals surface area (Å²) < 4.78 is 0. The van der Waals surface area contributed by atoms with Crippen LogP contribution in [0.4, 0.5) is 16.4 Å². The molecule has 0 saturated heterocycles. The molecule has 25 heavy (non-hydrogen) atoms. The van der Waals surface area contributed by atoms with Crippen LogP contribution in [-0.4, -0.2) is 34.3 Å². The van der Waals surface area contributed by atoms with Gasteiger partial charge in [0.15, 0.2) is 5.82 Å². The summed E-state index contributed by atoms with van der Waals surface area (Å²) >= 11 is 0. The minimum absolute atomic E-state index is 0.234. The summed E-state index contributed by atoms with van der Waals surface area (Å²) in [5.74, 6) is 1.47. The average molecular weight is 338 g/mol. The summed E-state index contributed by atoms with van der Waals surface area (Å²) in [5, 5.41) is 16.8. The number of nitrogens with zero attached hydrogens (tertiary/aromatic N) is 2. The summed E-state index contributed by atoms with van der Waals surface area (Å²) in [5.41, 5.74) is 2.01. The van der Waals surface area contributed by atoms with Gasteiger partial charge in [0, 0.05) is 25.4 Å². The zero-order chi connectivity index (χ0) is 17.6. The van der Waals surface area contributed by atoms with Crippen LogP contribution in [0.15, 0.2) is 42.6 Å². The SMILES string of the molecule is CCNc1n[nH]c2cc(NC(=O)NCC(C)c3ccccc3)ncc12. The molecule has 0 aliphatic rings. The van der Waals surface area contributed by atoms with Crippen LogP contribution in [0.3, 0.4) is 0 Å². The van der Waals surface area contributed by atoms with Crippen molar-refractivity contribution in [2.24, 2.45) is 0 Å². The van der Waals surface area contributed by atoms with E-state index in [1.54, 1.807) is 12.3 Å². The Morgan fingerprint density at radius 2 is 2.08 bits per heavy atom. The van der Waals surface area contributed by atoms with Gasteiger partial charge in [-0.1, -0.05) is 37.3 Å². The lowest BCUT2D eigenvalue weighted by molar-refractivity contribution is 0.251. The lowest BCUT2D eigenvalue weighted by Crippen LogP contribution is -2.32. The molecule has 2 amide bonds. The van der Waals surface area contributed by atoms with Gasteiger partial charge in [0.2, 0.25) is 0 Å². The molecule has 0 saturated carbocycles. The van der Waals surface area contributed by atoms with Gasteiger partial charge in [-0.25, -0.2) is 9.78 Å². The minimum atomic E-state index is -0.277. The van der Waals surface area contributed by atoms with E-state index in [4.69, 9.17) is 0 Å². The predicted octanol–water partition coefficient (Wildman–Crippen LogP) is 3.31. The highest BCUT2D eigenvalue weighted by atomic mass is 16.2. The van der Waals surface area contributed by atoms with Crippen molar-refractivity contribution in [1.29, 1.82) is 0 Å². The molecular formula is C18H22N6O. The maximum Gasteiger partial charge on any atom is 0.320 e. The molecule has 1 aromatic carbocycles. The van der Waals surface area contributed by atoms with Crippen molar-refractivity contribution in [1.82, 2.24) is 20.5 Å². The number of carbonyl (C=O) groups is 1. The van der Waals surface area contributed by atoms with Crippen molar-refractivity contribution in [3.05, 3.63) is 48.2 Å². The lowest BCUT2D eigenvalue weighted by atomic mass is 10.0. The van der Waals surface area contributed by atoms with Gasteiger partial charge >= 0.3 is 6.03 Å². The lowest BCUT2D eigenvalue weighted by Gasteiger charge is -2.13. The Balaban J connectivity index is 1.58. The Bertz CT molecular complexity index is 845. The Labute approximate surface area is 146 Å². The molecule has 0 radical (unpaired) electrons. The number of nitrogens with one attached hydrogen (secondary N) is 4. The van der Waals surface area contributed by atoms with Crippen molar-refractivity contribution >= 4 is 28.6 Å². The average Bonchev–Trinajstić information content (AvgIpc) is 3.03. The first-order valence-corrected chi connectivity index (χ1v) is 8.35. The van der Waals surface area contributed by atoms with Crippen LogP contribution in [0.2, 0.25) is 0 Å². The number of anilines is 2. The van der Waals surface area contributed by atoms with E-state index in [9.17, 15) is 4.79 Å². The summed E-state index contributed by atoms with van der Waals surface area (Å²) in [6.07, 6.45) is 1.69. The molecule has 0 aliphatic carbocycles. The van der Waals surface area contributed by atoms with Gasteiger partial charge in [-0.05, 0) is 18.4 Å². The summed E-state index contributed by atoms with van der Waals surface area (Å²) in [4.78, 5) is 16.4. The van der Waals surface area contributed by atoms with Gasteiger partial charge in [-0.2, -0.15) is 5.10 Å². The van der Waals surface area contributed by atoms with Crippen molar-refractivity contribution in [2.75, 3.05) is 23.7 Å². The van der Waals surface area contributed by atoms with Gasteiger partial charge in [0.1, 0.15) is 5.82 Å². The van der Waals surface area contributed by atoms with Gasteiger partial charge in [0.25, 0.3) is 0 Å². The van der Waals surface area contributed by atoms with Crippen LogP contribution in [0.25, 0.3) is 10.9 Å². The Morgan fingerprint density at radius 1 is 1.28 bits per heavy atom. The zero-order valence-electron chi connectivity index (χ0n) is 14.3. The standard InChI is InChI=1S/C18H22N6O/c1-3-19-17-14-11-20-16(9-15(14)23-24-17)22-18(25)21-10-12(2)13-7-5-4-6-8-13/h4-9,11-12H,3,10H2,1-2H3,(H2,19,23,24)(H2,20,21,22,25). The number of rotatable bonds is 6. The predicted molar refractivity (Wildman–Crippen MR) is 99.9 cm³/mol. The molecule has 1 unspecified atom stereocenters. The second-order valence-corrected chi connectivity index (χ2v) is 5.86. The first-order valence-electron chi connectivity index (χ1n) is 8.35. The first-order chi connectivity index (χ1) is 12.2. The highest BCUT2D eigenvalue weighted by molar-refractivity contribution is 5.94. The van der Waals surface area contributed by atoms with E-state index < -0.39 is 0 Å². The first kappa shape index (κ1) is 16.8. The van der Waals surface area contributed by atoms with Crippen LogP contribution >= 0.6 is 0 Å². The maximum atomic E-state index is 12.1. The monoisotopic (exact) mass is 338 g/mol. The molecular weight excluding hydrogens is 316 g/mol. The number of hydrogen-bond donors (Lipinski definition) is 4. The molecule has 0 bridgehead atoms. The molecule has 2 aromatic heterocycles. The summed E-state index contributed by atoms with van der Waals surface area (Å²) in [7, 11) is 0. The number of carbonyl (C=O) groups excluding carboxylic acids is 1. The van der Waals surface area contributed by atoms with Crippen LogP contribution in [0.5, 0.6) is 0 Å². The molecule has 7 heteroatoms. The number of aromatic nitrogens is 3. The highest BCUT2D eigenvalue weighted by Gasteiger charge is 2.10. The van der Waals surface area contributed by atoms with Crippen molar-refractivity contribution in [3.63, 3.8) is 0 Å². The smallest absolute Gasteiger partial charge is 0.320 e. The van der Waals surface area contributed by atoms with E-state index in [-0.39, 0.29) is 11.9 Å². The zero-order valence-corrected chi connectivity index (χ0v) is 14.3.